The van der Waals surface area contributed by atoms with E-state index in [1.165, 1.54) is 0 Å². The van der Waals surface area contributed by atoms with E-state index >= 15 is 0 Å². The van der Waals surface area contributed by atoms with Gasteiger partial charge in [-0.15, -0.1) is 0 Å². The number of nitrogens with one attached hydrogen (secondary N) is 3. The summed E-state index contributed by atoms with van der Waals surface area (Å²) in [6.45, 7) is 7.70. The van der Waals surface area contributed by atoms with Crippen LogP contribution in [0.25, 0.3) is 0 Å². The van der Waals surface area contributed by atoms with Crippen molar-refractivity contribution >= 4 is 38.9 Å². The van der Waals surface area contributed by atoms with Gasteiger partial charge in [-0.05, 0) is 68.3 Å². The number of hydrogen-bond donors (Lipinski definition) is 3. The van der Waals surface area contributed by atoms with E-state index in [0.29, 0.717) is 29.2 Å². The first-order chi connectivity index (χ1) is 14.5. The average Bonchev–Trinajstić information content (AvgIpc) is 2.63. The van der Waals surface area contributed by atoms with Crippen molar-refractivity contribution in [1.82, 2.24) is 0 Å². The van der Waals surface area contributed by atoms with Gasteiger partial charge in [0.05, 0.1) is 6.10 Å². The van der Waals surface area contributed by atoms with E-state index in [4.69, 9.17) is 4.74 Å². The molecule has 2 amide bonds. The van der Waals surface area contributed by atoms with Crippen molar-refractivity contribution in [3.05, 3.63) is 48.5 Å². The van der Waals surface area contributed by atoms with Crippen LogP contribution in [0.3, 0.4) is 0 Å². The van der Waals surface area contributed by atoms with Gasteiger partial charge in [0.1, 0.15) is 11.5 Å². The Kier molecular flexibility index (Phi) is 8.44. The van der Waals surface area contributed by atoms with Crippen LogP contribution in [0.15, 0.2) is 48.5 Å². The Hall–Kier alpha value is -3.07. The Morgan fingerprint density at radius 2 is 1.29 bits per heavy atom. The molecule has 2 rings (SSSR count). The first-order valence-corrected chi connectivity index (χ1v) is 11.6. The number of rotatable bonds is 10. The number of hydrogen-bond acceptors (Lipinski definition) is 5. The zero-order chi connectivity index (χ0) is 23.0. The summed E-state index contributed by atoms with van der Waals surface area (Å²) in [4.78, 5) is 24.0. The fourth-order valence-electron chi connectivity index (χ4n) is 2.68. The van der Waals surface area contributed by atoms with Crippen LogP contribution < -0.4 is 20.1 Å². The number of amides is 2. The van der Waals surface area contributed by atoms with Gasteiger partial charge >= 0.3 is 0 Å². The summed E-state index contributed by atoms with van der Waals surface area (Å²) in [7, 11) is -3.89. The molecule has 0 aromatic heterocycles. The zero-order valence-electron chi connectivity index (χ0n) is 18.1. The topological polar surface area (TPSA) is 114 Å². The minimum absolute atomic E-state index is 0.0108. The van der Waals surface area contributed by atoms with Crippen LogP contribution in [0.1, 0.15) is 34.1 Å². The molecular weight excluding hydrogens is 418 g/mol. The second-order valence-corrected chi connectivity index (χ2v) is 9.55. The summed E-state index contributed by atoms with van der Waals surface area (Å²) >= 11 is 0. The van der Waals surface area contributed by atoms with Gasteiger partial charge in [0, 0.05) is 23.5 Å². The van der Waals surface area contributed by atoms with Gasteiger partial charge < -0.3 is 15.4 Å². The van der Waals surface area contributed by atoms with E-state index in [9.17, 15) is 18.0 Å². The predicted octanol–water partition coefficient (Wildman–Crippen LogP) is 3.84. The lowest BCUT2D eigenvalue weighted by molar-refractivity contribution is -0.117. The molecule has 0 fully saturated rings. The van der Waals surface area contributed by atoms with Gasteiger partial charge in [-0.1, -0.05) is 13.8 Å². The van der Waals surface area contributed by atoms with Crippen LogP contribution in [0.5, 0.6) is 5.75 Å². The third-order valence-electron chi connectivity index (χ3n) is 3.87. The molecule has 0 radical (unpaired) electrons. The van der Waals surface area contributed by atoms with E-state index in [2.05, 4.69) is 15.4 Å². The molecule has 0 aliphatic carbocycles. The summed E-state index contributed by atoms with van der Waals surface area (Å²) in [5.41, 5.74) is 1.37. The molecule has 0 aliphatic rings. The maximum Gasteiger partial charge on any atom is 0.241 e. The molecule has 0 bridgehead atoms. The average molecular weight is 448 g/mol. The molecule has 0 saturated heterocycles. The van der Waals surface area contributed by atoms with Gasteiger partial charge in [-0.25, -0.2) is 8.42 Å². The highest BCUT2D eigenvalue weighted by atomic mass is 32.2. The molecule has 8 nitrogen and oxygen atoms in total. The number of benzene rings is 2. The quantitative estimate of drug-likeness (QED) is 0.512. The molecule has 3 N–H and O–H groups in total. The number of carbonyl (C=O) groups is 2. The third kappa shape index (κ3) is 9.08. The highest BCUT2D eigenvalue weighted by molar-refractivity contribution is 7.93. The first-order valence-electron chi connectivity index (χ1n) is 9.99. The number of ether oxygens (including phenoxy) is 1. The first kappa shape index (κ1) is 24.2. The third-order valence-corrected chi connectivity index (χ3v) is 5.06. The summed E-state index contributed by atoms with van der Waals surface area (Å²) in [6.07, 6.45) is 0.424. The highest BCUT2D eigenvalue weighted by Gasteiger charge is 2.17. The summed E-state index contributed by atoms with van der Waals surface area (Å²) in [5, 5.41) is 5.30. The standard InChI is InChI=1S/C22H29N3O5S/c1-15(2)13-21(26)23-17-5-7-18(8-6-17)24-22(27)14-31(28,29)25-19-9-11-20(12-10-19)30-16(3)4/h5-12,15-16,25H,13-14H2,1-4H3,(H,23,26)(H,24,27). The van der Waals surface area contributed by atoms with Gasteiger partial charge in [0.2, 0.25) is 21.8 Å². The van der Waals surface area contributed by atoms with Gasteiger partial charge in [-0.2, -0.15) is 0 Å². The monoisotopic (exact) mass is 447 g/mol. The SMILES string of the molecule is CC(C)CC(=O)Nc1ccc(NC(=O)CS(=O)(=O)Nc2ccc(OC(C)C)cc2)cc1. The van der Waals surface area contributed by atoms with Crippen molar-refractivity contribution in [3.63, 3.8) is 0 Å². The zero-order valence-corrected chi connectivity index (χ0v) is 19.0. The molecule has 0 aliphatic heterocycles. The van der Waals surface area contributed by atoms with E-state index in [0.717, 1.165) is 0 Å². The van der Waals surface area contributed by atoms with Gasteiger partial charge in [0.15, 0.2) is 0 Å². The summed E-state index contributed by atoms with van der Waals surface area (Å²) in [6, 6.07) is 12.9. The Morgan fingerprint density at radius 3 is 1.77 bits per heavy atom. The Morgan fingerprint density at radius 1 is 0.806 bits per heavy atom. The molecular formula is C22H29N3O5S. The van der Waals surface area contributed by atoms with Crippen LogP contribution in [-0.4, -0.2) is 32.1 Å². The van der Waals surface area contributed by atoms with Crippen molar-refractivity contribution < 1.29 is 22.7 Å². The normalized spacial score (nSPS) is 11.3. The molecule has 168 valence electrons. The summed E-state index contributed by atoms with van der Waals surface area (Å²) < 4.78 is 32.4. The fraction of sp³-hybridized carbons (Fsp3) is 0.364. The Balaban J connectivity index is 1.88. The van der Waals surface area contributed by atoms with Crippen LogP contribution in [0, 0.1) is 5.92 Å². The van der Waals surface area contributed by atoms with Gasteiger partial charge in [-0.3, -0.25) is 14.3 Å². The Bertz CT molecular complexity index is 985. The molecule has 2 aromatic carbocycles. The maximum absolute atomic E-state index is 12.3. The van der Waals surface area contributed by atoms with Crippen LogP contribution in [0.4, 0.5) is 17.1 Å². The number of anilines is 3. The van der Waals surface area contributed by atoms with E-state index in [-0.39, 0.29) is 17.9 Å². The summed E-state index contributed by atoms with van der Waals surface area (Å²) in [5.74, 6) is -0.624. The van der Waals surface area contributed by atoms with E-state index in [1.807, 2.05) is 27.7 Å². The lowest BCUT2D eigenvalue weighted by atomic mass is 10.1. The van der Waals surface area contributed by atoms with Crippen molar-refractivity contribution in [2.45, 2.75) is 40.2 Å². The predicted molar refractivity (Wildman–Crippen MR) is 123 cm³/mol. The van der Waals surface area contributed by atoms with Crippen molar-refractivity contribution in [1.29, 1.82) is 0 Å². The molecule has 0 unspecified atom stereocenters. The molecule has 0 spiro atoms. The van der Waals surface area contributed by atoms with Gasteiger partial charge in [0.25, 0.3) is 0 Å². The second kappa shape index (κ2) is 10.8. The van der Waals surface area contributed by atoms with Crippen molar-refractivity contribution in [2.75, 3.05) is 21.1 Å². The Labute approximate surface area is 183 Å². The van der Waals surface area contributed by atoms with Crippen LogP contribution in [-0.2, 0) is 19.6 Å². The molecule has 31 heavy (non-hydrogen) atoms. The van der Waals surface area contributed by atoms with Crippen LogP contribution >= 0.6 is 0 Å². The minimum Gasteiger partial charge on any atom is -0.491 e. The minimum atomic E-state index is -3.89. The maximum atomic E-state index is 12.3. The molecule has 0 heterocycles. The fourth-order valence-corrected chi connectivity index (χ4v) is 3.66. The number of carbonyl (C=O) groups excluding carboxylic acids is 2. The second-order valence-electron chi connectivity index (χ2n) is 7.82. The van der Waals surface area contributed by atoms with E-state index < -0.39 is 21.7 Å². The molecule has 9 heteroatoms. The molecule has 0 atom stereocenters. The smallest absolute Gasteiger partial charge is 0.241 e. The number of sulfonamides is 1. The van der Waals surface area contributed by atoms with Crippen molar-refractivity contribution in [2.24, 2.45) is 5.92 Å². The largest absolute Gasteiger partial charge is 0.491 e. The van der Waals surface area contributed by atoms with Crippen molar-refractivity contribution in [3.8, 4) is 5.75 Å². The van der Waals surface area contributed by atoms with Crippen LogP contribution in [0.2, 0.25) is 0 Å². The lowest BCUT2D eigenvalue weighted by Crippen LogP contribution is -2.27. The lowest BCUT2D eigenvalue weighted by Gasteiger charge is -2.12. The molecule has 2 aromatic rings. The highest BCUT2D eigenvalue weighted by Crippen LogP contribution is 2.18. The van der Waals surface area contributed by atoms with E-state index in [1.54, 1.807) is 48.5 Å². The molecule has 0 saturated carbocycles.